The third kappa shape index (κ3) is 5.56. The van der Waals surface area contributed by atoms with Gasteiger partial charge in [0, 0.05) is 19.2 Å². The smallest absolute Gasteiger partial charge is 0.387 e. The van der Waals surface area contributed by atoms with Crippen molar-refractivity contribution in [2.45, 2.75) is 13.2 Å². The van der Waals surface area contributed by atoms with E-state index in [4.69, 9.17) is 0 Å². The summed E-state index contributed by atoms with van der Waals surface area (Å²) in [5, 5.41) is 3.65. The number of benzene rings is 2. The quantitative estimate of drug-likeness (QED) is 0.568. The average molecular weight is 348 g/mol. The van der Waals surface area contributed by atoms with Gasteiger partial charge in [0.1, 0.15) is 12.9 Å². The molecule has 0 spiro atoms. The first-order chi connectivity index (χ1) is 12.0. The molecule has 0 unspecified atom stereocenters. The number of carbonyl (C=O) groups excluding carboxylic acids is 1. The van der Waals surface area contributed by atoms with E-state index >= 15 is 0 Å². The van der Waals surface area contributed by atoms with Crippen LogP contribution in [0.2, 0.25) is 0 Å². The maximum Gasteiger partial charge on any atom is 0.387 e. The molecule has 0 N–H and O–H groups in total. The van der Waals surface area contributed by atoms with E-state index in [1.165, 1.54) is 19.2 Å². The summed E-state index contributed by atoms with van der Waals surface area (Å²) < 4.78 is 28.6. The van der Waals surface area contributed by atoms with Gasteiger partial charge in [-0.15, -0.1) is 0 Å². The summed E-state index contributed by atoms with van der Waals surface area (Å²) in [5.74, 6) is -0.0656. The first-order valence-corrected chi connectivity index (χ1v) is 7.45. The number of rotatable bonds is 7. The first-order valence-electron chi connectivity index (χ1n) is 7.45. The van der Waals surface area contributed by atoms with Crippen molar-refractivity contribution < 1.29 is 23.1 Å². The van der Waals surface area contributed by atoms with Crippen molar-refractivity contribution in [1.82, 2.24) is 4.90 Å². The van der Waals surface area contributed by atoms with E-state index < -0.39 is 6.61 Å². The summed E-state index contributed by atoms with van der Waals surface area (Å²) in [7, 11) is 3.13. The molecule has 0 heterocycles. The number of oxime groups is 1. The number of nitrogens with zero attached hydrogens (tertiary/aromatic N) is 2. The van der Waals surface area contributed by atoms with Gasteiger partial charge in [-0.05, 0) is 35.4 Å². The maximum atomic E-state index is 12.4. The summed E-state index contributed by atoms with van der Waals surface area (Å²) in [5.41, 5.74) is 2.16. The zero-order valence-electron chi connectivity index (χ0n) is 13.9. The van der Waals surface area contributed by atoms with Crippen LogP contribution in [-0.4, -0.2) is 37.8 Å². The second-order valence-electron chi connectivity index (χ2n) is 5.22. The number of hydrogen-bond acceptors (Lipinski definition) is 4. The second kappa shape index (κ2) is 8.77. The van der Waals surface area contributed by atoms with Gasteiger partial charge >= 0.3 is 6.61 Å². The molecule has 7 heteroatoms. The summed E-state index contributed by atoms with van der Waals surface area (Å²) in [6, 6.07) is 13.1. The van der Waals surface area contributed by atoms with Gasteiger partial charge < -0.3 is 14.5 Å². The Morgan fingerprint density at radius 1 is 1.16 bits per heavy atom. The number of ether oxygens (including phenoxy) is 1. The van der Waals surface area contributed by atoms with Crippen molar-refractivity contribution in [2.24, 2.45) is 5.16 Å². The van der Waals surface area contributed by atoms with Crippen LogP contribution in [0, 0.1) is 0 Å². The van der Waals surface area contributed by atoms with Crippen LogP contribution in [0.5, 0.6) is 5.75 Å². The van der Waals surface area contributed by atoms with Gasteiger partial charge in [-0.1, -0.05) is 29.4 Å². The van der Waals surface area contributed by atoms with Crippen molar-refractivity contribution >= 4 is 12.1 Å². The molecule has 2 rings (SSSR count). The molecule has 25 heavy (non-hydrogen) atoms. The minimum atomic E-state index is -2.85. The highest BCUT2D eigenvalue weighted by atomic mass is 19.3. The van der Waals surface area contributed by atoms with Crippen molar-refractivity contribution in [1.29, 1.82) is 0 Å². The van der Waals surface area contributed by atoms with Crippen molar-refractivity contribution in [3.63, 3.8) is 0 Å². The number of carbonyl (C=O) groups is 1. The summed E-state index contributed by atoms with van der Waals surface area (Å²) >= 11 is 0. The molecule has 0 saturated carbocycles. The lowest BCUT2D eigenvalue weighted by molar-refractivity contribution is -0.0498. The number of hydrogen-bond donors (Lipinski definition) is 0. The lowest BCUT2D eigenvalue weighted by Crippen LogP contribution is -2.26. The van der Waals surface area contributed by atoms with Crippen LogP contribution in [-0.2, 0) is 11.4 Å². The van der Waals surface area contributed by atoms with E-state index in [2.05, 4.69) is 14.7 Å². The van der Waals surface area contributed by atoms with Crippen LogP contribution in [0.1, 0.15) is 21.5 Å². The van der Waals surface area contributed by atoms with Crippen molar-refractivity contribution in [3.8, 4) is 5.75 Å². The van der Waals surface area contributed by atoms with Crippen LogP contribution in [0.25, 0.3) is 0 Å². The average Bonchev–Trinajstić information content (AvgIpc) is 2.61. The normalized spacial score (nSPS) is 10.9. The van der Waals surface area contributed by atoms with Crippen molar-refractivity contribution in [3.05, 3.63) is 65.2 Å². The van der Waals surface area contributed by atoms with E-state index in [0.29, 0.717) is 12.1 Å². The summed E-state index contributed by atoms with van der Waals surface area (Å²) in [6.07, 6.45) is 1.54. The van der Waals surface area contributed by atoms with Gasteiger partial charge in [-0.2, -0.15) is 8.78 Å². The minimum Gasteiger partial charge on any atom is -0.435 e. The van der Waals surface area contributed by atoms with Gasteiger partial charge in [0.2, 0.25) is 0 Å². The highest BCUT2D eigenvalue weighted by Gasteiger charge is 2.12. The van der Waals surface area contributed by atoms with Gasteiger partial charge in [-0.3, -0.25) is 4.79 Å². The van der Waals surface area contributed by atoms with E-state index in [1.54, 1.807) is 54.6 Å². The third-order valence-corrected chi connectivity index (χ3v) is 3.38. The standard InChI is InChI=1S/C18H18F2N2O3/c1-22(12-14-5-9-16(10-6-14)25-18(19)20)17(23)15-7-3-13(4-8-15)11-21-24-2/h3-11,18H,12H2,1-2H3/b21-11+. The Bertz CT molecular complexity index is 716. The fourth-order valence-electron chi connectivity index (χ4n) is 2.17. The Hall–Kier alpha value is -2.96. The topological polar surface area (TPSA) is 51.1 Å². The SMILES string of the molecule is CO/N=C/c1ccc(C(=O)N(C)Cc2ccc(OC(F)F)cc2)cc1. The highest BCUT2D eigenvalue weighted by Crippen LogP contribution is 2.16. The molecule has 0 aromatic heterocycles. The molecule has 0 atom stereocenters. The first kappa shape index (κ1) is 18.4. The monoisotopic (exact) mass is 348 g/mol. The molecule has 132 valence electrons. The zero-order valence-corrected chi connectivity index (χ0v) is 13.9. The molecular weight excluding hydrogens is 330 g/mol. The van der Waals surface area contributed by atoms with Crippen LogP contribution in [0.15, 0.2) is 53.7 Å². The lowest BCUT2D eigenvalue weighted by Gasteiger charge is -2.17. The van der Waals surface area contributed by atoms with Gasteiger partial charge in [0.15, 0.2) is 0 Å². The molecule has 0 radical (unpaired) electrons. The molecule has 0 aliphatic rings. The second-order valence-corrected chi connectivity index (χ2v) is 5.22. The Labute approximate surface area is 144 Å². The van der Waals surface area contributed by atoms with E-state index in [1.807, 2.05) is 0 Å². The number of halogens is 2. The van der Waals surface area contributed by atoms with Gasteiger partial charge in [0.25, 0.3) is 5.91 Å². The minimum absolute atomic E-state index is 0.0843. The molecule has 2 aromatic carbocycles. The molecule has 0 bridgehead atoms. The zero-order chi connectivity index (χ0) is 18.2. The Balaban J connectivity index is 1.98. The molecule has 0 fully saturated rings. The largest absolute Gasteiger partial charge is 0.435 e. The Kier molecular flexibility index (Phi) is 6.45. The fourth-order valence-corrected chi connectivity index (χ4v) is 2.17. The molecule has 1 amide bonds. The molecule has 0 saturated heterocycles. The maximum absolute atomic E-state index is 12.4. The van der Waals surface area contributed by atoms with Crippen molar-refractivity contribution in [2.75, 3.05) is 14.2 Å². The Morgan fingerprint density at radius 2 is 1.80 bits per heavy atom. The molecular formula is C18H18F2N2O3. The molecule has 0 aliphatic heterocycles. The van der Waals surface area contributed by atoms with E-state index in [-0.39, 0.29) is 11.7 Å². The predicted molar refractivity (Wildman–Crippen MR) is 89.9 cm³/mol. The molecule has 2 aromatic rings. The van der Waals surface area contributed by atoms with E-state index in [0.717, 1.165) is 11.1 Å². The highest BCUT2D eigenvalue weighted by molar-refractivity contribution is 5.94. The van der Waals surface area contributed by atoms with Crippen LogP contribution in [0.4, 0.5) is 8.78 Å². The van der Waals surface area contributed by atoms with E-state index in [9.17, 15) is 13.6 Å². The number of amides is 1. The van der Waals surface area contributed by atoms with Gasteiger partial charge in [0.05, 0.1) is 6.21 Å². The summed E-state index contributed by atoms with van der Waals surface area (Å²) in [4.78, 5) is 18.6. The van der Waals surface area contributed by atoms with Crippen LogP contribution < -0.4 is 4.74 Å². The molecule has 0 aliphatic carbocycles. The van der Waals surface area contributed by atoms with Crippen LogP contribution >= 0.6 is 0 Å². The van der Waals surface area contributed by atoms with Crippen LogP contribution in [0.3, 0.4) is 0 Å². The lowest BCUT2D eigenvalue weighted by atomic mass is 10.1. The molecule has 5 nitrogen and oxygen atoms in total. The van der Waals surface area contributed by atoms with Gasteiger partial charge in [-0.25, -0.2) is 0 Å². The predicted octanol–water partition coefficient (Wildman–Crippen LogP) is 3.54. The fraction of sp³-hybridized carbons (Fsp3) is 0.222. The summed E-state index contributed by atoms with van der Waals surface area (Å²) in [6.45, 7) is -2.51. The Morgan fingerprint density at radius 3 is 2.36 bits per heavy atom. The number of alkyl halides is 2. The third-order valence-electron chi connectivity index (χ3n) is 3.38.